The van der Waals surface area contributed by atoms with Crippen LogP contribution >= 0.6 is 0 Å². The average Bonchev–Trinajstić information content (AvgIpc) is 2.95. The predicted molar refractivity (Wildman–Crippen MR) is 101 cm³/mol. The molecule has 0 radical (unpaired) electrons. The highest BCUT2D eigenvalue weighted by Crippen LogP contribution is 2.41. The number of nitrogens with zero attached hydrogens (tertiary/aromatic N) is 2. The second kappa shape index (κ2) is 7.94. The first-order valence-electron chi connectivity index (χ1n) is 9.35. The van der Waals surface area contributed by atoms with E-state index in [1.807, 2.05) is 53.1 Å². The molecular weight excluding hydrogens is 328 g/mol. The van der Waals surface area contributed by atoms with Crippen LogP contribution in [-0.4, -0.2) is 48.4 Å². The van der Waals surface area contributed by atoms with E-state index >= 15 is 0 Å². The number of amides is 2. The average molecular weight is 356 g/mol. The molecule has 2 aliphatic rings. The third-order valence-electron chi connectivity index (χ3n) is 5.62. The van der Waals surface area contributed by atoms with Crippen molar-refractivity contribution in [3.63, 3.8) is 0 Å². The van der Waals surface area contributed by atoms with Crippen molar-refractivity contribution in [3.05, 3.63) is 42.0 Å². The Balaban J connectivity index is 1.58. The van der Waals surface area contributed by atoms with Crippen molar-refractivity contribution < 1.29 is 14.3 Å². The maximum Gasteiger partial charge on any atom is 0.226 e. The number of hydrogen-bond acceptors (Lipinski definition) is 3. The van der Waals surface area contributed by atoms with Crippen molar-refractivity contribution >= 4 is 11.8 Å². The molecule has 26 heavy (non-hydrogen) atoms. The number of rotatable bonds is 5. The molecule has 1 aromatic rings. The van der Waals surface area contributed by atoms with Crippen LogP contribution in [0.2, 0.25) is 0 Å². The highest BCUT2D eigenvalue weighted by atomic mass is 16.5. The molecule has 2 amide bonds. The molecule has 0 bridgehead atoms. The molecule has 0 aliphatic carbocycles. The van der Waals surface area contributed by atoms with Crippen LogP contribution in [0.4, 0.5) is 0 Å². The maximum atomic E-state index is 12.6. The van der Waals surface area contributed by atoms with Crippen molar-refractivity contribution in [2.24, 2.45) is 5.41 Å². The standard InChI is InChI=1S/C21H28N2O3/c1-3-4-8-19(24)22-11-9-21(10-12-22)14-20(25)23(16-21)15-17-6-5-7-18(13-17)26-2/h3-7,13H,8-12,14-16H2,1-2H3/b4-3+. The minimum atomic E-state index is 0.0350. The SMILES string of the molecule is C/C=C/CC(=O)N1CCC2(CC1)CC(=O)N(Cc1cccc(OC)c1)C2. The maximum absolute atomic E-state index is 12.6. The van der Waals surface area contributed by atoms with Gasteiger partial charge >= 0.3 is 0 Å². The smallest absolute Gasteiger partial charge is 0.226 e. The van der Waals surface area contributed by atoms with Gasteiger partial charge in [-0.15, -0.1) is 0 Å². The Kier molecular flexibility index (Phi) is 5.64. The molecule has 2 saturated heterocycles. The fraction of sp³-hybridized carbons (Fsp3) is 0.524. The van der Waals surface area contributed by atoms with E-state index < -0.39 is 0 Å². The molecule has 1 aromatic carbocycles. The van der Waals surface area contributed by atoms with Crippen molar-refractivity contribution in [1.82, 2.24) is 9.80 Å². The summed E-state index contributed by atoms with van der Waals surface area (Å²) >= 11 is 0. The summed E-state index contributed by atoms with van der Waals surface area (Å²) in [7, 11) is 1.65. The van der Waals surface area contributed by atoms with Crippen LogP contribution in [-0.2, 0) is 16.1 Å². The number of piperidine rings is 1. The van der Waals surface area contributed by atoms with Crippen molar-refractivity contribution in [1.29, 1.82) is 0 Å². The van der Waals surface area contributed by atoms with E-state index in [1.165, 1.54) is 0 Å². The lowest BCUT2D eigenvalue weighted by molar-refractivity contribution is -0.132. The van der Waals surface area contributed by atoms with Gasteiger partial charge in [0.05, 0.1) is 7.11 Å². The van der Waals surface area contributed by atoms with E-state index in [9.17, 15) is 9.59 Å². The third kappa shape index (κ3) is 4.09. The molecular formula is C21H28N2O3. The van der Waals surface area contributed by atoms with Gasteiger partial charge in [0, 0.05) is 44.4 Å². The summed E-state index contributed by atoms with van der Waals surface area (Å²) in [5, 5.41) is 0. The summed E-state index contributed by atoms with van der Waals surface area (Å²) in [6.45, 7) is 4.87. The van der Waals surface area contributed by atoms with Crippen LogP contribution in [0.1, 0.15) is 38.2 Å². The van der Waals surface area contributed by atoms with E-state index in [0.29, 0.717) is 19.4 Å². The number of hydrogen-bond donors (Lipinski definition) is 0. The summed E-state index contributed by atoms with van der Waals surface area (Å²) < 4.78 is 5.27. The fourth-order valence-corrected chi connectivity index (χ4v) is 4.03. The van der Waals surface area contributed by atoms with Gasteiger partial charge in [0.25, 0.3) is 0 Å². The molecule has 0 aromatic heterocycles. The Morgan fingerprint density at radius 3 is 2.77 bits per heavy atom. The summed E-state index contributed by atoms with van der Waals surface area (Å²) in [4.78, 5) is 28.7. The van der Waals surface area contributed by atoms with Gasteiger partial charge in [-0.2, -0.15) is 0 Å². The van der Waals surface area contributed by atoms with Crippen LogP contribution < -0.4 is 4.74 Å². The molecule has 2 aliphatic heterocycles. The summed E-state index contributed by atoms with van der Waals surface area (Å²) in [6, 6.07) is 7.89. The molecule has 2 heterocycles. The first-order valence-corrected chi connectivity index (χ1v) is 9.35. The number of benzene rings is 1. The number of ether oxygens (including phenoxy) is 1. The first kappa shape index (κ1) is 18.5. The minimum Gasteiger partial charge on any atom is -0.497 e. The van der Waals surface area contributed by atoms with Gasteiger partial charge in [-0.25, -0.2) is 0 Å². The van der Waals surface area contributed by atoms with Crippen molar-refractivity contribution in [2.75, 3.05) is 26.7 Å². The van der Waals surface area contributed by atoms with E-state index in [0.717, 1.165) is 43.8 Å². The molecule has 0 atom stereocenters. The zero-order valence-corrected chi connectivity index (χ0v) is 15.7. The zero-order valence-electron chi connectivity index (χ0n) is 15.7. The van der Waals surface area contributed by atoms with Gasteiger partial charge in [0.15, 0.2) is 0 Å². The van der Waals surface area contributed by atoms with Gasteiger partial charge in [0.1, 0.15) is 5.75 Å². The minimum absolute atomic E-state index is 0.0350. The van der Waals surface area contributed by atoms with Crippen molar-refractivity contribution in [2.45, 2.75) is 39.2 Å². The summed E-state index contributed by atoms with van der Waals surface area (Å²) in [5.74, 6) is 1.23. The number of allylic oxidation sites excluding steroid dienone is 1. The molecule has 1 spiro atoms. The second-order valence-corrected chi connectivity index (χ2v) is 7.43. The molecule has 0 N–H and O–H groups in total. The summed E-state index contributed by atoms with van der Waals surface area (Å²) in [5.41, 5.74) is 1.13. The Hall–Kier alpha value is -2.30. The molecule has 140 valence electrons. The lowest BCUT2D eigenvalue weighted by Crippen LogP contribution is -2.44. The zero-order chi connectivity index (χ0) is 18.6. The topological polar surface area (TPSA) is 49.9 Å². The van der Waals surface area contributed by atoms with Crippen LogP contribution in [0.15, 0.2) is 36.4 Å². The first-order chi connectivity index (χ1) is 12.5. The molecule has 5 heteroatoms. The van der Waals surface area contributed by atoms with Gasteiger partial charge in [-0.05, 0) is 37.5 Å². The van der Waals surface area contributed by atoms with Crippen LogP contribution in [0, 0.1) is 5.41 Å². The molecule has 2 fully saturated rings. The molecule has 3 rings (SSSR count). The second-order valence-electron chi connectivity index (χ2n) is 7.43. The number of methoxy groups -OCH3 is 1. The largest absolute Gasteiger partial charge is 0.497 e. The number of carbonyl (C=O) groups excluding carboxylic acids is 2. The Morgan fingerprint density at radius 2 is 2.08 bits per heavy atom. The van der Waals surface area contributed by atoms with E-state index in [4.69, 9.17) is 4.74 Å². The Morgan fingerprint density at radius 1 is 1.31 bits per heavy atom. The normalized spacial score (nSPS) is 19.5. The lowest BCUT2D eigenvalue weighted by Gasteiger charge is -2.38. The van der Waals surface area contributed by atoms with Crippen LogP contribution in [0.3, 0.4) is 0 Å². The monoisotopic (exact) mass is 356 g/mol. The number of likely N-dealkylation sites (tertiary alicyclic amines) is 2. The summed E-state index contributed by atoms with van der Waals surface area (Å²) in [6.07, 6.45) is 6.72. The molecule has 5 nitrogen and oxygen atoms in total. The van der Waals surface area contributed by atoms with Crippen molar-refractivity contribution in [3.8, 4) is 5.75 Å². The van der Waals surface area contributed by atoms with Gasteiger partial charge in [0.2, 0.25) is 11.8 Å². The third-order valence-corrected chi connectivity index (χ3v) is 5.62. The van der Waals surface area contributed by atoms with E-state index in [2.05, 4.69) is 0 Å². The van der Waals surface area contributed by atoms with Gasteiger partial charge in [-0.1, -0.05) is 24.3 Å². The molecule has 0 unspecified atom stereocenters. The highest BCUT2D eigenvalue weighted by molar-refractivity contribution is 5.80. The molecule has 0 saturated carbocycles. The van der Waals surface area contributed by atoms with E-state index in [1.54, 1.807) is 7.11 Å². The fourth-order valence-electron chi connectivity index (χ4n) is 4.03. The van der Waals surface area contributed by atoms with Crippen LogP contribution in [0.5, 0.6) is 5.75 Å². The van der Waals surface area contributed by atoms with Gasteiger partial charge in [-0.3, -0.25) is 9.59 Å². The quantitative estimate of drug-likeness (QED) is 0.762. The van der Waals surface area contributed by atoms with E-state index in [-0.39, 0.29) is 17.2 Å². The Labute approximate surface area is 155 Å². The van der Waals surface area contributed by atoms with Crippen LogP contribution in [0.25, 0.3) is 0 Å². The number of carbonyl (C=O) groups is 2. The Bertz CT molecular complexity index is 690. The lowest BCUT2D eigenvalue weighted by atomic mass is 9.77. The predicted octanol–water partition coefficient (Wildman–Crippen LogP) is 3.00. The van der Waals surface area contributed by atoms with Gasteiger partial charge < -0.3 is 14.5 Å². The highest BCUT2D eigenvalue weighted by Gasteiger charge is 2.45.